The minimum absolute atomic E-state index is 0.357. The molecule has 0 bridgehead atoms. The van der Waals surface area contributed by atoms with Crippen molar-refractivity contribution in [1.82, 2.24) is 19.8 Å². The molecule has 1 N–H and O–H groups in total. The fraction of sp³-hybridized carbons (Fsp3) is 0.125. The lowest BCUT2D eigenvalue weighted by Crippen LogP contribution is -2.12. The zero-order valence-corrected chi connectivity index (χ0v) is 18.0. The second-order valence-electron chi connectivity index (χ2n) is 7.35. The zero-order chi connectivity index (χ0) is 20.5. The summed E-state index contributed by atoms with van der Waals surface area (Å²) in [7, 11) is 0. The lowest BCUT2D eigenvalue weighted by Gasteiger charge is -2.15. The molecule has 0 saturated carbocycles. The number of nitrogens with one attached hydrogen (secondary N) is 1. The molecule has 0 radical (unpaired) electrons. The van der Waals surface area contributed by atoms with E-state index < -0.39 is 0 Å². The van der Waals surface area contributed by atoms with Gasteiger partial charge in [-0.3, -0.25) is 0 Å². The second kappa shape index (κ2) is 7.88. The molecule has 0 amide bonds. The van der Waals surface area contributed by atoms with Crippen molar-refractivity contribution in [2.45, 2.75) is 12.8 Å². The summed E-state index contributed by atoms with van der Waals surface area (Å²) in [4.78, 5) is 4.95. The van der Waals surface area contributed by atoms with Crippen LogP contribution in [0.25, 0.3) is 27.8 Å². The average Bonchev–Trinajstić information content (AvgIpc) is 3.22. The lowest BCUT2D eigenvalue weighted by atomic mass is 10.0. The molecule has 0 aliphatic heterocycles. The summed E-state index contributed by atoms with van der Waals surface area (Å²) in [6.07, 6.45) is 0. The number of halogens is 1. The lowest BCUT2D eigenvalue weighted by molar-refractivity contribution is 0.802. The number of hydrogen-bond donors (Lipinski definition) is 1. The number of nitrogens with zero attached hydrogens (tertiary/aromatic N) is 4. The van der Waals surface area contributed by atoms with Crippen LogP contribution in [-0.4, -0.2) is 26.4 Å². The Balaban J connectivity index is 1.59. The fourth-order valence-electron chi connectivity index (χ4n) is 3.67. The van der Waals surface area contributed by atoms with E-state index in [1.807, 2.05) is 47.0 Å². The Hall–Kier alpha value is -3.25. The summed E-state index contributed by atoms with van der Waals surface area (Å²) in [5.74, 6) is 1.20. The summed E-state index contributed by atoms with van der Waals surface area (Å²) in [5, 5.41) is 13.4. The Bertz CT molecular complexity index is 1330. The van der Waals surface area contributed by atoms with Gasteiger partial charge in [0.05, 0.1) is 5.52 Å². The maximum Gasteiger partial charge on any atom is 0.186 e. The zero-order valence-electron chi connectivity index (χ0n) is 16.5. The molecule has 5 aromatic rings. The Morgan fingerprint density at radius 3 is 2.60 bits per heavy atom. The number of benzene rings is 3. The van der Waals surface area contributed by atoms with Gasteiger partial charge in [0.1, 0.15) is 11.5 Å². The maximum atomic E-state index is 4.95. The number of anilines is 1. The second-order valence-corrected chi connectivity index (χ2v) is 8.27. The summed E-state index contributed by atoms with van der Waals surface area (Å²) in [6, 6.07) is 26.7. The molecule has 3 aromatic carbocycles. The van der Waals surface area contributed by atoms with Crippen LogP contribution in [0.5, 0.6) is 0 Å². The van der Waals surface area contributed by atoms with Crippen molar-refractivity contribution in [2.75, 3.05) is 11.9 Å². The Morgan fingerprint density at radius 2 is 1.77 bits per heavy atom. The average molecular weight is 458 g/mol. The third-order valence-corrected chi connectivity index (χ3v) is 5.79. The highest BCUT2D eigenvalue weighted by molar-refractivity contribution is 9.10. The predicted octanol–water partition coefficient (Wildman–Crippen LogP) is 5.92. The highest BCUT2D eigenvalue weighted by Crippen LogP contribution is 2.29. The van der Waals surface area contributed by atoms with Crippen LogP contribution in [0.4, 0.5) is 5.82 Å². The topological polar surface area (TPSA) is 55.1 Å². The largest absolute Gasteiger partial charge is 0.369 e. The van der Waals surface area contributed by atoms with E-state index in [4.69, 9.17) is 4.98 Å². The van der Waals surface area contributed by atoms with E-state index in [1.165, 1.54) is 5.56 Å². The first-order valence-corrected chi connectivity index (χ1v) is 10.7. The van der Waals surface area contributed by atoms with E-state index in [0.717, 1.165) is 44.6 Å². The summed E-state index contributed by atoms with van der Waals surface area (Å²) in [5.41, 5.74) is 4.76. The van der Waals surface area contributed by atoms with E-state index in [-0.39, 0.29) is 0 Å². The van der Waals surface area contributed by atoms with Gasteiger partial charge < -0.3 is 5.32 Å². The van der Waals surface area contributed by atoms with E-state index in [2.05, 4.69) is 74.9 Å². The quantitative estimate of drug-likeness (QED) is 0.355. The van der Waals surface area contributed by atoms with Gasteiger partial charge in [0, 0.05) is 22.0 Å². The van der Waals surface area contributed by atoms with Crippen LogP contribution < -0.4 is 5.32 Å². The third kappa shape index (κ3) is 3.44. The van der Waals surface area contributed by atoms with Crippen molar-refractivity contribution >= 4 is 38.3 Å². The molecule has 2 heterocycles. The van der Waals surface area contributed by atoms with Crippen molar-refractivity contribution in [1.29, 1.82) is 0 Å². The van der Waals surface area contributed by atoms with E-state index in [9.17, 15) is 0 Å². The molecule has 0 fully saturated rings. The highest BCUT2D eigenvalue weighted by atomic mass is 79.9. The number of aromatic nitrogens is 4. The van der Waals surface area contributed by atoms with Gasteiger partial charge >= 0.3 is 0 Å². The van der Waals surface area contributed by atoms with Crippen LogP contribution >= 0.6 is 15.9 Å². The monoisotopic (exact) mass is 457 g/mol. The maximum absolute atomic E-state index is 4.95. The number of para-hydroxylation sites is 1. The molecule has 0 aliphatic rings. The minimum Gasteiger partial charge on any atom is -0.369 e. The summed E-state index contributed by atoms with van der Waals surface area (Å²) in [6.45, 7) is 3.00. The van der Waals surface area contributed by atoms with Crippen molar-refractivity contribution in [3.63, 3.8) is 0 Å². The number of rotatable bonds is 5. The smallest absolute Gasteiger partial charge is 0.186 e. The molecular weight excluding hydrogens is 438 g/mol. The number of fused-ring (bicyclic) bond motifs is 3. The van der Waals surface area contributed by atoms with Gasteiger partial charge in [0.15, 0.2) is 5.65 Å². The molecule has 0 saturated heterocycles. The summed E-state index contributed by atoms with van der Waals surface area (Å²) >= 11 is 3.54. The van der Waals surface area contributed by atoms with Gasteiger partial charge in [-0.05, 0) is 35.7 Å². The first kappa shape index (κ1) is 18.8. The van der Waals surface area contributed by atoms with Crippen LogP contribution in [0, 0.1) is 0 Å². The van der Waals surface area contributed by atoms with Gasteiger partial charge in [-0.2, -0.15) is 4.52 Å². The standard InChI is InChI=1S/C24H20BrN5/c1-16(17-8-3-2-4-9-17)15-26-23-20-12-5-6-13-21(20)30-24(27-23)22(28-29-30)18-10-7-11-19(25)14-18/h2-14,16H,15H2,1H3,(H,26,27)/t16-/m0/s1. The molecule has 30 heavy (non-hydrogen) atoms. The van der Waals surface area contributed by atoms with Gasteiger partial charge in [0.25, 0.3) is 0 Å². The Labute approximate surface area is 182 Å². The van der Waals surface area contributed by atoms with Gasteiger partial charge in [-0.1, -0.05) is 82.7 Å². The van der Waals surface area contributed by atoms with Crippen LogP contribution in [-0.2, 0) is 0 Å². The molecule has 0 spiro atoms. The van der Waals surface area contributed by atoms with Crippen LogP contribution in [0.3, 0.4) is 0 Å². The molecule has 2 aromatic heterocycles. The molecule has 1 atom stereocenters. The van der Waals surface area contributed by atoms with Crippen LogP contribution in [0.2, 0.25) is 0 Å². The SMILES string of the molecule is C[C@@H](CNc1nc2c(-c3cccc(Br)c3)nnn2c2ccccc12)c1ccccc1. The molecule has 6 heteroatoms. The first-order chi connectivity index (χ1) is 14.7. The minimum atomic E-state index is 0.357. The van der Waals surface area contributed by atoms with E-state index in [0.29, 0.717) is 5.92 Å². The van der Waals surface area contributed by atoms with Gasteiger partial charge in [-0.15, -0.1) is 5.10 Å². The van der Waals surface area contributed by atoms with Crippen molar-refractivity contribution < 1.29 is 0 Å². The van der Waals surface area contributed by atoms with Crippen molar-refractivity contribution in [3.8, 4) is 11.3 Å². The van der Waals surface area contributed by atoms with E-state index >= 15 is 0 Å². The molecule has 0 unspecified atom stereocenters. The van der Waals surface area contributed by atoms with Gasteiger partial charge in [-0.25, -0.2) is 4.98 Å². The molecular formula is C24H20BrN5. The molecule has 5 rings (SSSR count). The third-order valence-electron chi connectivity index (χ3n) is 5.29. The fourth-order valence-corrected chi connectivity index (χ4v) is 4.07. The molecule has 148 valence electrons. The Morgan fingerprint density at radius 1 is 0.967 bits per heavy atom. The first-order valence-electron chi connectivity index (χ1n) is 9.89. The molecule has 5 nitrogen and oxygen atoms in total. The highest BCUT2D eigenvalue weighted by Gasteiger charge is 2.16. The normalized spacial score (nSPS) is 12.3. The summed E-state index contributed by atoms with van der Waals surface area (Å²) < 4.78 is 2.81. The number of hydrogen-bond acceptors (Lipinski definition) is 4. The van der Waals surface area contributed by atoms with Crippen LogP contribution in [0.1, 0.15) is 18.4 Å². The molecule has 0 aliphatic carbocycles. The van der Waals surface area contributed by atoms with Crippen molar-refractivity contribution in [3.05, 3.63) is 88.9 Å². The van der Waals surface area contributed by atoms with E-state index in [1.54, 1.807) is 0 Å². The Kier molecular flexibility index (Phi) is 4.93. The van der Waals surface area contributed by atoms with Crippen LogP contribution in [0.15, 0.2) is 83.3 Å². The van der Waals surface area contributed by atoms with Gasteiger partial charge in [0.2, 0.25) is 0 Å². The predicted molar refractivity (Wildman–Crippen MR) is 125 cm³/mol. The van der Waals surface area contributed by atoms with Crippen molar-refractivity contribution in [2.24, 2.45) is 0 Å².